The van der Waals surface area contributed by atoms with E-state index in [0.717, 1.165) is 43.7 Å². The molecule has 2 N–H and O–H groups in total. The third kappa shape index (κ3) is 6.08. The molecule has 5 nitrogen and oxygen atoms in total. The Morgan fingerprint density at radius 2 is 2.11 bits per heavy atom. The van der Waals surface area contributed by atoms with E-state index in [2.05, 4.69) is 35.6 Å². The molecule has 6 heteroatoms. The fourth-order valence-electron chi connectivity index (χ4n) is 3.36. The monoisotopic (exact) mass is 391 g/mol. The van der Waals surface area contributed by atoms with E-state index >= 15 is 0 Å². The van der Waals surface area contributed by atoms with Crippen molar-refractivity contribution in [1.82, 2.24) is 10.3 Å². The Morgan fingerprint density at radius 1 is 1.41 bits per heavy atom. The largest absolute Gasteiger partial charge is 0.394 e. The lowest BCUT2D eigenvalue weighted by Gasteiger charge is -2.29. The molecule has 1 aliphatic heterocycles. The summed E-state index contributed by atoms with van der Waals surface area (Å²) in [5.41, 5.74) is 3.40. The van der Waals surface area contributed by atoms with Crippen LogP contribution in [0.15, 0.2) is 30.5 Å². The zero-order valence-electron chi connectivity index (χ0n) is 16.2. The van der Waals surface area contributed by atoms with Crippen molar-refractivity contribution in [2.24, 2.45) is 5.92 Å². The van der Waals surface area contributed by atoms with Crippen molar-refractivity contribution in [1.29, 1.82) is 0 Å². The van der Waals surface area contributed by atoms with Crippen LogP contribution in [0.2, 0.25) is 0 Å². The van der Waals surface area contributed by atoms with E-state index in [-0.39, 0.29) is 18.6 Å². The smallest absolute Gasteiger partial charge is 0.253 e. The van der Waals surface area contributed by atoms with Crippen molar-refractivity contribution in [3.8, 4) is 0 Å². The van der Waals surface area contributed by atoms with Crippen molar-refractivity contribution in [3.63, 3.8) is 0 Å². The summed E-state index contributed by atoms with van der Waals surface area (Å²) >= 11 is 5.74. The summed E-state index contributed by atoms with van der Waals surface area (Å²) in [6.07, 6.45) is 7.53. The molecule has 1 aromatic rings. The molecule has 0 saturated carbocycles. The Bertz CT molecular complexity index is 682. The van der Waals surface area contributed by atoms with Gasteiger partial charge in [0.2, 0.25) is 0 Å². The van der Waals surface area contributed by atoms with Crippen LogP contribution in [0.25, 0.3) is 5.57 Å². The van der Waals surface area contributed by atoms with Gasteiger partial charge < -0.3 is 15.3 Å². The van der Waals surface area contributed by atoms with Crippen molar-refractivity contribution in [3.05, 3.63) is 41.6 Å². The molecule has 0 radical (unpaired) electrons. The first-order valence-electron chi connectivity index (χ1n) is 9.59. The number of nitrogens with zero attached hydrogens (tertiary/aromatic N) is 2. The maximum absolute atomic E-state index is 12.7. The van der Waals surface area contributed by atoms with Crippen LogP contribution < -0.4 is 10.2 Å². The Morgan fingerprint density at radius 3 is 2.70 bits per heavy atom. The van der Waals surface area contributed by atoms with Gasteiger partial charge in [0.05, 0.1) is 18.2 Å². The molecule has 0 aliphatic carbocycles. The van der Waals surface area contributed by atoms with Gasteiger partial charge in [-0.15, -0.1) is 0 Å². The number of pyridine rings is 1. The summed E-state index contributed by atoms with van der Waals surface area (Å²) in [4.78, 5) is 19.5. The standard InChI is InChI=1S/C21H30ClN3O2/c1-15(2)11-18(14-26)24-21(27)17-12-19(16(3)7-8-22)20(23-13-17)25-9-5-4-6-10-25/h7-8,12-13,15,18,26H,3-6,9-11,14H2,1-2H3,(H,24,27)/b8-7+/t18-/m0/s1. The van der Waals surface area contributed by atoms with Crippen LogP contribution in [0.4, 0.5) is 5.82 Å². The number of hydrogen-bond acceptors (Lipinski definition) is 4. The zero-order chi connectivity index (χ0) is 19.8. The predicted octanol–water partition coefficient (Wildman–Crippen LogP) is 3.97. The van der Waals surface area contributed by atoms with E-state index in [1.807, 2.05) is 6.07 Å². The third-order valence-electron chi connectivity index (χ3n) is 4.71. The maximum atomic E-state index is 12.7. The summed E-state index contributed by atoms with van der Waals surface area (Å²) in [5, 5.41) is 12.4. The van der Waals surface area contributed by atoms with Crippen molar-refractivity contribution in [2.45, 2.75) is 45.6 Å². The van der Waals surface area contributed by atoms with Gasteiger partial charge in [-0.25, -0.2) is 4.98 Å². The summed E-state index contributed by atoms with van der Waals surface area (Å²) in [6.45, 7) is 10.0. The number of aliphatic hydroxyl groups is 1. The minimum absolute atomic E-state index is 0.0856. The van der Waals surface area contributed by atoms with E-state index in [1.165, 1.54) is 12.0 Å². The number of aromatic nitrogens is 1. The van der Waals surface area contributed by atoms with Crippen LogP contribution in [-0.2, 0) is 0 Å². The minimum atomic E-state index is -0.270. The first kappa shape index (κ1) is 21.5. The van der Waals surface area contributed by atoms with E-state index in [0.29, 0.717) is 17.1 Å². The van der Waals surface area contributed by atoms with Gasteiger partial charge in [0.25, 0.3) is 5.91 Å². The highest BCUT2D eigenvalue weighted by atomic mass is 35.5. The number of piperidine rings is 1. The molecule has 0 unspecified atom stereocenters. The molecule has 0 spiro atoms. The molecule has 2 rings (SSSR count). The zero-order valence-corrected chi connectivity index (χ0v) is 17.0. The SMILES string of the molecule is C=C(/C=C/Cl)c1cc(C(=O)N[C@H](CO)CC(C)C)cnc1N1CCCCC1. The van der Waals surface area contributed by atoms with Gasteiger partial charge in [-0.1, -0.05) is 32.0 Å². The molecular formula is C21H30ClN3O2. The van der Waals surface area contributed by atoms with E-state index in [9.17, 15) is 9.90 Å². The maximum Gasteiger partial charge on any atom is 0.253 e. The van der Waals surface area contributed by atoms with E-state index in [1.54, 1.807) is 12.3 Å². The summed E-state index contributed by atoms with van der Waals surface area (Å²) < 4.78 is 0. The molecule has 2 heterocycles. The number of amides is 1. The predicted molar refractivity (Wildman–Crippen MR) is 112 cm³/mol. The van der Waals surface area contributed by atoms with Crippen LogP contribution in [0.3, 0.4) is 0 Å². The molecule has 1 aromatic heterocycles. The second-order valence-electron chi connectivity index (χ2n) is 7.44. The lowest BCUT2D eigenvalue weighted by Crippen LogP contribution is -2.38. The molecule has 0 aromatic carbocycles. The van der Waals surface area contributed by atoms with Crippen LogP contribution in [-0.4, -0.2) is 41.7 Å². The number of carbonyl (C=O) groups excluding carboxylic acids is 1. The fourth-order valence-corrected chi connectivity index (χ4v) is 3.51. The Labute approximate surface area is 167 Å². The van der Waals surface area contributed by atoms with Crippen LogP contribution >= 0.6 is 11.6 Å². The molecule has 0 bridgehead atoms. The Hall–Kier alpha value is -1.85. The average molecular weight is 392 g/mol. The van der Waals surface area contributed by atoms with Gasteiger partial charge in [0, 0.05) is 30.4 Å². The Kier molecular flexibility index (Phi) is 8.32. The van der Waals surface area contributed by atoms with Crippen LogP contribution in [0.5, 0.6) is 0 Å². The van der Waals surface area contributed by atoms with Gasteiger partial charge in [0.15, 0.2) is 0 Å². The van der Waals surface area contributed by atoms with Crippen molar-refractivity contribution < 1.29 is 9.90 Å². The fraction of sp³-hybridized carbons (Fsp3) is 0.524. The van der Waals surface area contributed by atoms with Gasteiger partial charge in [0.1, 0.15) is 5.82 Å². The topological polar surface area (TPSA) is 65.5 Å². The highest BCUT2D eigenvalue weighted by molar-refractivity contribution is 6.26. The average Bonchev–Trinajstić information content (AvgIpc) is 2.67. The van der Waals surface area contributed by atoms with Crippen LogP contribution in [0, 0.1) is 5.92 Å². The normalized spacial score (nSPS) is 16.0. The molecule has 148 valence electrons. The number of carbonyl (C=O) groups is 1. The number of rotatable bonds is 8. The van der Waals surface area contributed by atoms with Gasteiger partial charge in [-0.05, 0) is 49.3 Å². The highest BCUT2D eigenvalue weighted by Crippen LogP contribution is 2.28. The molecule has 1 aliphatic rings. The van der Waals surface area contributed by atoms with E-state index in [4.69, 9.17) is 11.6 Å². The molecule has 1 saturated heterocycles. The van der Waals surface area contributed by atoms with Gasteiger partial charge in [-0.2, -0.15) is 0 Å². The molecule has 1 atom stereocenters. The van der Waals surface area contributed by atoms with E-state index < -0.39 is 0 Å². The number of anilines is 1. The number of aliphatic hydroxyl groups excluding tert-OH is 1. The molecule has 1 amide bonds. The Balaban J connectivity index is 2.28. The minimum Gasteiger partial charge on any atom is -0.394 e. The number of nitrogens with one attached hydrogen (secondary N) is 1. The summed E-state index contributed by atoms with van der Waals surface area (Å²) in [5.74, 6) is 0.981. The second kappa shape index (κ2) is 10.5. The lowest BCUT2D eigenvalue weighted by molar-refractivity contribution is 0.0908. The number of allylic oxidation sites excluding steroid dienone is 2. The van der Waals surface area contributed by atoms with Gasteiger partial charge >= 0.3 is 0 Å². The molecular weight excluding hydrogens is 362 g/mol. The lowest BCUT2D eigenvalue weighted by atomic mass is 10.0. The number of halogens is 1. The summed E-state index contributed by atoms with van der Waals surface area (Å²) in [7, 11) is 0. The quantitative estimate of drug-likeness (QED) is 0.658. The number of hydrogen-bond donors (Lipinski definition) is 2. The second-order valence-corrected chi connectivity index (χ2v) is 7.70. The highest BCUT2D eigenvalue weighted by Gasteiger charge is 2.20. The van der Waals surface area contributed by atoms with Gasteiger partial charge in [-0.3, -0.25) is 4.79 Å². The third-order valence-corrected chi connectivity index (χ3v) is 4.83. The molecule has 1 fully saturated rings. The molecule has 27 heavy (non-hydrogen) atoms. The van der Waals surface area contributed by atoms with Crippen molar-refractivity contribution >= 4 is 28.9 Å². The first-order chi connectivity index (χ1) is 13.0. The van der Waals surface area contributed by atoms with Crippen molar-refractivity contribution in [2.75, 3.05) is 24.6 Å². The first-order valence-corrected chi connectivity index (χ1v) is 10.0. The summed E-state index contributed by atoms with van der Waals surface area (Å²) in [6, 6.07) is 1.55. The van der Waals surface area contributed by atoms with Crippen LogP contribution in [0.1, 0.15) is 55.5 Å².